The van der Waals surface area contributed by atoms with E-state index in [4.69, 9.17) is 14.6 Å². The van der Waals surface area contributed by atoms with Crippen LogP contribution in [-0.2, 0) is 11.3 Å². The number of ether oxygens (including phenoxy) is 2. The van der Waals surface area contributed by atoms with Gasteiger partial charge in [-0.25, -0.2) is 4.79 Å². The van der Waals surface area contributed by atoms with E-state index in [1.54, 1.807) is 26.2 Å². The van der Waals surface area contributed by atoms with Gasteiger partial charge in [0.2, 0.25) is 0 Å². The predicted octanol–water partition coefficient (Wildman–Crippen LogP) is 2.19. The summed E-state index contributed by atoms with van der Waals surface area (Å²) in [5.41, 5.74) is 0.927. The number of aliphatic carboxylic acids is 1. The van der Waals surface area contributed by atoms with Crippen LogP contribution in [0.3, 0.4) is 0 Å². The largest absolute Gasteiger partial charge is 0.497 e. The Morgan fingerprint density at radius 2 is 2.25 bits per heavy atom. The van der Waals surface area contributed by atoms with Gasteiger partial charge in [-0.05, 0) is 37.5 Å². The molecule has 0 heterocycles. The number of carboxylic acid groups (broad SMARTS) is 1. The fraction of sp³-hybridized carbons (Fsp3) is 0.533. The van der Waals surface area contributed by atoms with Crippen LogP contribution in [0.2, 0.25) is 0 Å². The van der Waals surface area contributed by atoms with Crippen LogP contribution in [0.15, 0.2) is 18.2 Å². The second-order valence-corrected chi connectivity index (χ2v) is 4.98. The number of benzene rings is 1. The Labute approximate surface area is 118 Å². The van der Waals surface area contributed by atoms with Crippen LogP contribution >= 0.6 is 0 Å². The molecule has 1 aromatic rings. The maximum atomic E-state index is 11.1. The first-order valence-electron chi connectivity index (χ1n) is 6.93. The van der Waals surface area contributed by atoms with Crippen molar-refractivity contribution in [2.45, 2.75) is 44.9 Å². The van der Waals surface area contributed by atoms with E-state index in [2.05, 4.69) is 5.32 Å². The molecule has 0 spiro atoms. The van der Waals surface area contributed by atoms with Gasteiger partial charge in [0, 0.05) is 18.2 Å². The van der Waals surface area contributed by atoms with Gasteiger partial charge in [-0.2, -0.15) is 0 Å². The molecule has 110 valence electrons. The van der Waals surface area contributed by atoms with Crippen molar-refractivity contribution in [3.63, 3.8) is 0 Å². The molecule has 1 aromatic carbocycles. The minimum absolute atomic E-state index is 0.427. The molecule has 0 amide bonds. The highest BCUT2D eigenvalue weighted by atomic mass is 16.5. The molecule has 2 N–H and O–H groups in total. The number of methoxy groups -OCH3 is 1. The Morgan fingerprint density at radius 1 is 1.50 bits per heavy atom. The molecule has 0 radical (unpaired) electrons. The summed E-state index contributed by atoms with van der Waals surface area (Å²) in [6.07, 6.45) is 2.01. The zero-order valence-electron chi connectivity index (χ0n) is 11.9. The van der Waals surface area contributed by atoms with Gasteiger partial charge in [0.25, 0.3) is 0 Å². The quantitative estimate of drug-likeness (QED) is 0.763. The van der Waals surface area contributed by atoms with E-state index in [-0.39, 0.29) is 0 Å². The highest BCUT2D eigenvalue weighted by Gasteiger charge is 2.22. The Kier molecular flexibility index (Phi) is 4.84. The number of rotatable bonds is 8. The van der Waals surface area contributed by atoms with Crippen molar-refractivity contribution >= 4 is 5.97 Å². The lowest BCUT2D eigenvalue weighted by molar-refractivity contribution is -0.145. The van der Waals surface area contributed by atoms with E-state index in [9.17, 15) is 4.79 Å². The number of carbonyl (C=O) groups is 1. The van der Waals surface area contributed by atoms with Crippen molar-refractivity contribution in [3.05, 3.63) is 23.8 Å². The molecule has 5 heteroatoms. The van der Waals surface area contributed by atoms with Crippen LogP contribution in [0.5, 0.6) is 11.5 Å². The molecule has 1 atom stereocenters. The molecule has 0 saturated heterocycles. The molecule has 0 aliphatic heterocycles. The monoisotopic (exact) mass is 279 g/mol. The predicted molar refractivity (Wildman–Crippen MR) is 75.2 cm³/mol. The number of nitrogens with one attached hydrogen (secondary N) is 1. The standard InChI is InChI=1S/C15H21NO4/c1-3-13(15(17)18)20-14-7-6-12(19-2)8-10(14)9-16-11-4-5-11/h6-8,11,13,16H,3-5,9H2,1-2H3,(H,17,18). The number of hydrogen-bond acceptors (Lipinski definition) is 4. The lowest BCUT2D eigenvalue weighted by Gasteiger charge is -2.17. The van der Waals surface area contributed by atoms with Crippen LogP contribution in [0.4, 0.5) is 0 Å². The Balaban J connectivity index is 2.13. The summed E-state index contributed by atoms with van der Waals surface area (Å²) in [6, 6.07) is 6.02. The summed E-state index contributed by atoms with van der Waals surface area (Å²) in [5.74, 6) is 0.408. The Bertz CT molecular complexity index is 471. The van der Waals surface area contributed by atoms with Crippen LogP contribution in [-0.4, -0.2) is 30.3 Å². The average Bonchev–Trinajstić information content (AvgIpc) is 3.26. The van der Waals surface area contributed by atoms with Crippen LogP contribution < -0.4 is 14.8 Å². The lowest BCUT2D eigenvalue weighted by Crippen LogP contribution is -2.27. The smallest absolute Gasteiger partial charge is 0.344 e. The third-order valence-corrected chi connectivity index (χ3v) is 3.34. The SMILES string of the molecule is CCC(Oc1ccc(OC)cc1CNC1CC1)C(=O)O. The van der Waals surface area contributed by atoms with E-state index in [0.29, 0.717) is 24.8 Å². The molecule has 1 saturated carbocycles. The van der Waals surface area contributed by atoms with Crippen molar-refractivity contribution in [1.82, 2.24) is 5.32 Å². The van der Waals surface area contributed by atoms with Crippen LogP contribution in [0.1, 0.15) is 31.7 Å². The molecule has 5 nitrogen and oxygen atoms in total. The van der Waals surface area contributed by atoms with Gasteiger partial charge in [-0.3, -0.25) is 0 Å². The van der Waals surface area contributed by atoms with Crippen molar-refractivity contribution in [3.8, 4) is 11.5 Å². The minimum Gasteiger partial charge on any atom is -0.497 e. The maximum absolute atomic E-state index is 11.1. The molecule has 1 unspecified atom stereocenters. The highest BCUT2D eigenvalue weighted by molar-refractivity contribution is 5.72. The molecule has 0 aromatic heterocycles. The van der Waals surface area contributed by atoms with Gasteiger partial charge >= 0.3 is 5.97 Å². The topological polar surface area (TPSA) is 67.8 Å². The third-order valence-electron chi connectivity index (χ3n) is 3.34. The summed E-state index contributed by atoms with van der Waals surface area (Å²) in [7, 11) is 1.61. The minimum atomic E-state index is -0.940. The highest BCUT2D eigenvalue weighted by Crippen LogP contribution is 2.27. The van der Waals surface area contributed by atoms with Crippen LogP contribution in [0, 0.1) is 0 Å². The van der Waals surface area contributed by atoms with E-state index >= 15 is 0 Å². The van der Waals surface area contributed by atoms with Crippen molar-refractivity contribution < 1.29 is 19.4 Å². The third kappa shape index (κ3) is 3.87. The molecular formula is C15H21NO4. The molecule has 1 aliphatic rings. The fourth-order valence-corrected chi connectivity index (χ4v) is 1.94. The normalized spacial score (nSPS) is 15.7. The lowest BCUT2D eigenvalue weighted by atomic mass is 10.1. The summed E-state index contributed by atoms with van der Waals surface area (Å²) < 4.78 is 10.8. The van der Waals surface area contributed by atoms with Gasteiger partial charge in [0.05, 0.1) is 7.11 Å². The zero-order chi connectivity index (χ0) is 14.5. The van der Waals surface area contributed by atoms with Crippen molar-refractivity contribution in [2.75, 3.05) is 7.11 Å². The first kappa shape index (κ1) is 14.7. The molecule has 2 rings (SSSR count). The first-order chi connectivity index (χ1) is 9.63. The van der Waals surface area contributed by atoms with Crippen molar-refractivity contribution in [1.29, 1.82) is 0 Å². The fourth-order valence-electron chi connectivity index (χ4n) is 1.94. The molecule has 20 heavy (non-hydrogen) atoms. The molecule has 1 aliphatic carbocycles. The Morgan fingerprint density at radius 3 is 2.80 bits per heavy atom. The van der Waals surface area contributed by atoms with Gasteiger partial charge in [-0.1, -0.05) is 6.92 Å². The second-order valence-electron chi connectivity index (χ2n) is 4.98. The molecule has 1 fully saturated rings. The number of hydrogen-bond donors (Lipinski definition) is 2. The van der Waals surface area contributed by atoms with Gasteiger partial charge in [0.1, 0.15) is 11.5 Å². The molecule has 0 bridgehead atoms. The summed E-state index contributed by atoms with van der Waals surface area (Å²) in [6.45, 7) is 2.46. The molecular weight excluding hydrogens is 258 g/mol. The second kappa shape index (κ2) is 6.61. The van der Waals surface area contributed by atoms with E-state index in [1.165, 1.54) is 12.8 Å². The summed E-state index contributed by atoms with van der Waals surface area (Å²) in [4.78, 5) is 11.1. The van der Waals surface area contributed by atoms with E-state index in [1.807, 2.05) is 6.07 Å². The van der Waals surface area contributed by atoms with E-state index in [0.717, 1.165) is 11.3 Å². The first-order valence-corrected chi connectivity index (χ1v) is 6.93. The average molecular weight is 279 g/mol. The van der Waals surface area contributed by atoms with E-state index < -0.39 is 12.1 Å². The summed E-state index contributed by atoms with van der Waals surface area (Å²) >= 11 is 0. The van der Waals surface area contributed by atoms with Gasteiger partial charge in [0.15, 0.2) is 6.10 Å². The van der Waals surface area contributed by atoms with Crippen molar-refractivity contribution in [2.24, 2.45) is 0 Å². The Hall–Kier alpha value is -1.75. The maximum Gasteiger partial charge on any atom is 0.344 e. The van der Waals surface area contributed by atoms with Crippen LogP contribution in [0.25, 0.3) is 0 Å². The van der Waals surface area contributed by atoms with Gasteiger partial charge < -0.3 is 19.9 Å². The number of carboxylic acids is 1. The van der Waals surface area contributed by atoms with Gasteiger partial charge in [-0.15, -0.1) is 0 Å². The zero-order valence-corrected chi connectivity index (χ0v) is 11.9. The summed E-state index contributed by atoms with van der Waals surface area (Å²) in [5, 5.41) is 12.5.